The summed E-state index contributed by atoms with van der Waals surface area (Å²) in [6, 6.07) is 13.5. The van der Waals surface area contributed by atoms with Gasteiger partial charge in [-0.25, -0.2) is 4.98 Å². The fraction of sp³-hybridized carbons (Fsp3) is 0.208. The molecule has 0 spiro atoms. The van der Waals surface area contributed by atoms with Crippen LogP contribution in [0.3, 0.4) is 0 Å². The summed E-state index contributed by atoms with van der Waals surface area (Å²) >= 11 is 11.7. The van der Waals surface area contributed by atoms with Gasteiger partial charge in [-0.15, -0.1) is 13.2 Å². The van der Waals surface area contributed by atoms with Crippen LogP contribution in [0.15, 0.2) is 59.5 Å². The maximum absolute atomic E-state index is 12.9. The third-order valence-electron chi connectivity index (χ3n) is 5.26. The van der Waals surface area contributed by atoms with Gasteiger partial charge >= 0.3 is 6.36 Å². The second-order valence-electron chi connectivity index (χ2n) is 7.62. The fourth-order valence-electron chi connectivity index (χ4n) is 3.60. The van der Waals surface area contributed by atoms with E-state index in [1.54, 1.807) is 24.3 Å². The number of benzene rings is 3. The number of nitrogens with one attached hydrogen (secondary N) is 1. The molecular formula is C24H19Cl2F3N2O4S. The van der Waals surface area contributed by atoms with Crippen molar-refractivity contribution < 1.29 is 32.3 Å². The molecule has 0 aliphatic heterocycles. The van der Waals surface area contributed by atoms with E-state index in [0.29, 0.717) is 28.3 Å². The summed E-state index contributed by atoms with van der Waals surface area (Å²) in [6.45, 7) is 0.355. The zero-order valence-electron chi connectivity index (χ0n) is 18.6. The molecule has 36 heavy (non-hydrogen) atoms. The minimum Gasteiger partial charge on any atom is -0.611 e. The molecule has 0 saturated heterocycles. The van der Waals surface area contributed by atoms with E-state index in [2.05, 4.69) is 14.7 Å². The minimum atomic E-state index is -4.91. The molecule has 12 heteroatoms. The summed E-state index contributed by atoms with van der Waals surface area (Å²) in [5, 5.41) is 10.9. The molecule has 0 saturated carbocycles. The van der Waals surface area contributed by atoms with Gasteiger partial charge in [-0.3, -0.25) is 0 Å². The average Bonchev–Trinajstić information content (AvgIpc) is 3.26. The van der Waals surface area contributed by atoms with Crippen LogP contribution in [0.1, 0.15) is 17.5 Å². The number of aromatic nitrogens is 2. The van der Waals surface area contributed by atoms with Crippen molar-refractivity contribution >= 4 is 45.4 Å². The van der Waals surface area contributed by atoms with Crippen LogP contribution in [-0.2, 0) is 15.9 Å². The van der Waals surface area contributed by atoms with Crippen molar-refractivity contribution in [3.05, 3.63) is 76.0 Å². The van der Waals surface area contributed by atoms with E-state index in [4.69, 9.17) is 27.9 Å². The minimum absolute atomic E-state index is 0.00527. The van der Waals surface area contributed by atoms with E-state index in [1.165, 1.54) is 31.4 Å². The number of H-pyrrole nitrogens is 1. The number of alkyl halides is 3. The normalized spacial score (nSPS) is 13.7. The molecule has 4 aromatic rings. The summed E-state index contributed by atoms with van der Waals surface area (Å²) < 4.78 is 60.1. The maximum atomic E-state index is 12.9. The second kappa shape index (κ2) is 10.9. The van der Waals surface area contributed by atoms with Crippen LogP contribution in [0, 0.1) is 0 Å². The number of halogens is 5. The van der Waals surface area contributed by atoms with Crippen LogP contribution < -0.4 is 4.74 Å². The first kappa shape index (κ1) is 26.6. The van der Waals surface area contributed by atoms with Crippen LogP contribution in [0.4, 0.5) is 13.2 Å². The summed E-state index contributed by atoms with van der Waals surface area (Å²) in [5.41, 5.74) is 1.22. The van der Waals surface area contributed by atoms with Gasteiger partial charge in [0.15, 0.2) is 4.90 Å². The number of fused-ring (bicyclic) bond motifs is 1. The van der Waals surface area contributed by atoms with Gasteiger partial charge in [0.2, 0.25) is 0 Å². The van der Waals surface area contributed by atoms with Crippen LogP contribution in [-0.4, -0.2) is 45.5 Å². The Morgan fingerprint density at radius 3 is 2.50 bits per heavy atom. The Morgan fingerprint density at radius 2 is 1.83 bits per heavy atom. The highest BCUT2D eigenvalue weighted by Gasteiger charge is 2.33. The summed E-state index contributed by atoms with van der Waals surface area (Å²) in [7, 11) is 1.53. The molecule has 2 N–H and O–H groups in total. The molecule has 6 nitrogen and oxygen atoms in total. The predicted octanol–water partition coefficient (Wildman–Crippen LogP) is 6.27. The summed E-state index contributed by atoms with van der Waals surface area (Å²) in [5.74, 6) is 0.0286. The van der Waals surface area contributed by atoms with Gasteiger partial charge < -0.3 is 24.1 Å². The standard InChI is InChI=1S/C24H19Cl2F3N2O4S/c1-34-10-11-36(33)14-8-6-13(7-9-14)22(32)23-30-17-12-16(25)19(20(26)21(17)31-23)15-4-2-3-5-18(15)35-24(27,28)29/h2-9,12,22,32H,10-11H2,1H3,(H,30,31). The zero-order valence-corrected chi connectivity index (χ0v) is 20.9. The lowest BCUT2D eigenvalue weighted by atomic mass is 10.0. The maximum Gasteiger partial charge on any atom is 0.573 e. The number of nitrogens with zero attached hydrogens (tertiary/aromatic N) is 1. The molecule has 2 atom stereocenters. The molecule has 0 aliphatic rings. The van der Waals surface area contributed by atoms with Gasteiger partial charge in [-0.1, -0.05) is 53.5 Å². The average molecular weight is 559 g/mol. The number of para-hydroxylation sites is 1. The molecule has 3 aromatic carbocycles. The number of hydrogen-bond donors (Lipinski definition) is 2. The molecule has 0 amide bonds. The molecule has 0 fully saturated rings. The monoisotopic (exact) mass is 558 g/mol. The number of rotatable bonds is 8. The number of imidazole rings is 1. The SMILES string of the molecule is COCC[S+]([O-])c1ccc(C(O)c2nc3c(Cl)c(-c4ccccc4OC(F)(F)F)c(Cl)cc3[nH]2)cc1. The highest BCUT2D eigenvalue weighted by Crippen LogP contribution is 2.44. The van der Waals surface area contributed by atoms with E-state index in [-0.39, 0.29) is 32.5 Å². The molecular weight excluding hydrogens is 540 g/mol. The van der Waals surface area contributed by atoms with Crippen molar-refractivity contribution in [1.29, 1.82) is 0 Å². The van der Waals surface area contributed by atoms with Crippen molar-refractivity contribution in [2.75, 3.05) is 19.5 Å². The van der Waals surface area contributed by atoms with Gasteiger partial charge in [0, 0.05) is 18.2 Å². The first-order chi connectivity index (χ1) is 17.1. The van der Waals surface area contributed by atoms with Crippen LogP contribution in [0.25, 0.3) is 22.2 Å². The van der Waals surface area contributed by atoms with Crippen LogP contribution >= 0.6 is 23.2 Å². The van der Waals surface area contributed by atoms with Crippen LogP contribution in [0.5, 0.6) is 5.75 Å². The number of aromatic amines is 1. The molecule has 0 aliphatic carbocycles. The molecule has 1 heterocycles. The van der Waals surface area contributed by atoms with Gasteiger partial charge in [0.05, 0.1) is 22.2 Å². The number of methoxy groups -OCH3 is 1. The lowest BCUT2D eigenvalue weighted by Gasteiger charge is -2.15. The van der Waals surface area contributed by atoms with Gasteiger partial charge in [0.25, 0.3) is 0 Å². The lowest BCUT2D eigenvalue weighted by Crippen LogP contribution is -2.17. The lowest BCUT2D eigenvalue weighted by molar-refractivity contribution is -0.274. The van der Waals surface area contributed by atoms with E-state index >= 15 is 0 Å². The zero-order chi connectivity index (χ0) is 26.0. The van der Waals surface area contributed by atoms with Gasteiger partial charge in [0.1, 0.15) is 28.9 Å². The van der Waals surface area contributed by atoms with Crippen molar-refractivity contribution in [3.63, 3.8) is 0 Å². The first-order valence-electron chi connectivity index (χ1n) is 10.5. The van der Waals surface area contributed by atoms with Crippen LogP contribution in [0.2, 0.25) is 10.0 Å². The molecule has 2 unspecified atom stereocenters. The molecule has 190 valence electrons. The Hall–Kier alpha value is -2.47. The largest absolute Gasteiger partial charge is 0.611 e. The Morgan fingerprint density at radius 1 is 1.14 bits per heavy atom. The predicted molar refractivity (Wildman–Crippen MR) is 132 cm³/mol. The highest BCUT2D eigenvalue weighted by molar-refractivity contribution is 7.91. The Balaban J connectivity index is 1.68. The highest BCUT2D eigenvalue weighted by atomic mass is 35.5. The number of aliphatic hydroxyl groups excluding tert-OH is 1. The Labute approximate surface area is 217 Å². The number of aliphatic hydroxyl groups is 1. The molecule has 1 aromatic heterocycles. The Kier molecular flexibility index (Phi) is 8.03. The van der Waals surface area contributed by atoms with Gasteiger partial charge in [-0.05, 0) is 41.0 Å². The summed E-state index contributed by atoms with van der Waals surface area (Å²) in [4.78, 5) is 7.93. The van der Waals surface area contributed by atoms with Crippen molar-refractivity contribution in [2.24, 2.45) is 0 Å². The Bertz CT molecular complexity index is 1370. The fourth-order valence-corrected chi connectivity index (χ4v) is 5.29. The van der Waals surface area contributed by atoms with Crippen molar-refractivity contribution in [1.82, 2.24) is 9.97 Å². The van der Waals surface area contributed by atoms with E-state index in [1.807, 2.05) is 0 Å². The smallest absolute Gasteiger partial charge is 0.573 e. The van der Waals surface area contributed by atoms with E-state index in [0.717, 1.165) is 6.07 Å². The second-order valence-corrected chi connectivity index (χ2v) is 9.98. The third-order valence-corrected chi connectivity index (χ3v) is 7.26. The quantitative estimate of drug-likeness (QED) is 0.249. The molecule has 4 rings (SSSR count). The first-order valence-corrected chi connectivity index (χ1v) is 12.5. The summed E-state index contributed by atoms with van der Waals surface area (Å²) in [6.07, 6.45) is -6.09. The third kappa shape index (κ3) is 5.74. The van der Waals surface area contributed by atoms with Crippen molar-refractivity contribution in [2.45, 2.75) is 17.4 Å². The topological polar surface area (TPSA) is 90.4 Å². The van der Waals surface area contributed by atoms with Crippen molar-refractivity contribution in [3.8, 4) is 16.9 Å². The number of hydrogen-bond acceptors (Lipinski definition) is 5. The van der Waals surface area contributed by atoms with E-state index < -0.39 is 29.4 Å². The van der Waals surface area contributed by atoms with Gasteiger partial charge in [-0.2, -0.15) is 0 Å². The molecule has 0 bridgehead atoms. The number of ether oxygens (including phenoxy) is 2. The van der Waals surface area contributed by atoms with E-state index in [9.17, 15) is 22.8 Å². The molecule has 0 radical (unpaired) electrons.